The third-order valence-corrected chi connectivity index (χ3v) is 4.56. The van der Waals surface area contributed by atoms with Crippen LogP contribution in [0.2, 0.25) is 0 Å². The Morgan fingerprint density at radius 1 is 0.950 bits per heavy atom. The molecule has 0 saturated carbocycles. The van der Waals surface area contributed by atoms with E-state index in [0.717, 1.165) is 17.7 Å². The van der Waals surface area contributed by atoms with Crippen LogP contribution in [0.5, 0.6) is 0 Å². The van der Waals surface area contributed by atoms with Crippen LogP contribution in [0.3, 0.4) is 0 Å². The Balaban J connectivity index is 2.30. The molecule has 0 radical (unpaired) electrons. The van der Waals surface area contributed by atoms with Crippen molar-refractivity contribution < 1.29 is 17.2 Å². The van der Waals surface area contributed by atoms with E-state index in [4.69, 9.17) is 5.73 Å². The first-order chi connectivity index (χ1) is 9.42. The van der Waals surface area contributed by atoms with Gasteiger partial charge in [0, 0.05) is 12.6 Å². The zero-order valence-corrected chi connectivity index (χ0v) is 11.3. The summed E-state index contributed by atoms with van der Waals surface area (Å²) in [6.07, 6.45) is 0. The lowest BCUT2D eigenvalue weighted by atomic mass is 10.1. The topological polar surface area (TPSA) is 60.2 Å². The summed E-state index contributed by atoms with van der Waals surface area (Å²) >= 11 is 0. The zero-order chi connectivity index (χ0) is 14.8. The fourth-order valence-electron chi connectivity index (χ4n) is 1.80. The Hall–Kier alpha value is -1.79. The standard InChI is InChI=1S/C14H13F2NO2S/c15-12-5-6-14(13(16)7-12)20(18,19)9-11-3-1-10(8-17)2-4-11/h1-7H,8-9,17H2. The molecule has 3 nitrogen and oxygen atoms in total. The summed E-state index contributed by atoms with van der Waals surface area (Å²) in [7, 11) is -3.85. The van der Waals surface area contributed by atoms with Gasteiger partial charge < -0.3 is 5.73 Å². The van der Waals surface area contributed by atoms with Crippen molar-refractivity contribution in [1.82, 2.24) is 0 Å². The van der Waals surface area contributed by atoms with Crippen molar-refractivity contribution in [3.8, 4) is 0 Å². The van der Waals surface area contributed by atoms with Gasteiger partial charge in [0.15, 0.2) is 9.84 Å². The summed E-state index contributed by atoms with van der Waals surface area (Å²) in [5, 5.41) is 0. The van der Waals surface area contributed by atoms with Crippen LogP contribution in [0.15, 0.2) is 47.4 Å². The molecule has 0 aliphatic carbocycles. The first-order valence-electron chi connectivity index (χ1n) is 5.88. The summed E-state index contributed by atoms with van der Waals surface area (Å²) in [6, 6.07) is 9.10. The van der Waals surface area contributed by atoms with E-state index in [1.165, 1.54) is 0 Å². The van der Waals surface area contributed by atoms with Gasteiger partial charge in [0.2, 0.25) is 0 Å². The van der Waals surface area contributed by atoms with Gasteiger partial charge in [0.05, 0.1) is 5.75 Å². The van der Waals surface area contributed by atoms with Crippen molar-refractivity contribution in [2.45, 2.75) is 17.2 Å². The molecule has 2 rings (SSSR count). The van der Waals surface area contributed by atoms with Crippen LogP contribution in [0.1, 0.15) is 11.1 Å². The van der Waals surface area contributed by atoms with Gasteiger partial charge >= 0.3 is 0 Å². The first-order valence-corrected chi connectivity index (χ1v) is 7.53. The molecule has 0 saturated heterocycles. The molecule has 0 atom stereocenters. The van der Waals surface area contributed by atoms with E-state index >= 15 is 0 Å². The van der Waals surface area contributed by atoms with Crippen LogP contribution in [-0.4, -0.2) is 8.42 Å². The molecule has 0 heterocycles. The summed E-state index contributed by atoms with van der Waals surface area (Å²) in [5.41, 5.74) is 6.84. The van der Waals surface area contributed by atoms with Crippen molar-refractivity contribution in [1.29, 1.82) is 0 Å². The predicted octanol–water partition coefficient (Wildman–Crippen LogP) is 2.40. The van der Waals surface area contributed by atoms with Gasteiger partial charge in [0.1, 0.15) is 16.5 Å². The number of benzene rings is 2. The van der Waals surface area contributed by atoms with Gasteiger partial charge in [-0.2, -0.15) is 0 Å². The van der Waals surface area contributed by atoms with Crippen LogP contribution in [0.4, 0.5) is 8.78 Å². The quantitative estimate of drug-likeness (QED) is 0.882. The number of hydrogen-bond donors (Lipinski definition) is 1. The molecule has 2 aromatic rings. The molecule has 2 aromatic carbocycles. The van der Waals surface area contributed by atoms with Crippen molar-refractivity contribution in [2.75, 3.05) is 0 Å². The highest BCUT2D eigenvalue weighted by Gasteiger charge is 2.20. The van der Waals surface area contributed by atoms with Gasteiger partial charge in [-0.05, 0) is 23.3 Å². The van der Waals surface area contributed by atoms with Crippen LogP contribution >= 0.6 is 0 Å². The second-order valence-corrected chi connectivity index (χ2v) is 6.31. The molecule has 2 N–H and O–H groups in total. The number of rotatable bonds is 4. The molecule has 0 bridgehead atoms. The average Bonchev–Trinajstić information content (AvgIpc) is 2.38. The number of nitrogens with two attached hydrogens (primary N) is 1. The van der Waals surface area contributed by atoms with Gasteiger partial charge in [-0.25, -0.2) is 17.2 Å². The lowest BCUT2D eigenvalue weighted by Gasteiger charge is -2.06. The summed E-state index contributed by atoms with van der Waals surface area (Å²) in [6.45, 7) is 0.361. The van der Waals surface area contributed by atoms with E-state index < -0.39 is 26.4 Å². The molecule has 20 heavy (non-hydrogen) atoms. The van der Waals surface area contributed by atoms with Crippen LogP contribution < -0.4 is 5.73 Å². The third-order valence-electron chi connectivity index (χ3n) is 2.84. The number of halogens is 2. The second-order valence-electron chi connectivity index (χ2n) is 4.35. The lowest BCUT2D eigenvalue weighted by molar-refractivity contribution is 0.549. The van der Waals surface area contributed by atoms with E-state index in [0.29, 0.717) is 18.2 Å². The maximum absolute atomic E-state index is 13.5. The van der Waals surface area contributed by atoms with Crippen LogP contribution in [0.25, 0.3) is 0 Å². The maximum atomic E-state index is 13.5. The van der Waals surface area contributed by atoms with Crippen molar-refractivity contribution in [2.24, 2.45) is 5.73 Å². The molecule has 0 aliphatic rings. The molecular weight excluding hydrogens is 284 g/mol. The van der Waals surface area contributed by atoms with Crippen molar-refractivity contribution in [3.63, 3.8) is 0 Å². The van der Waals surface area contributed by atoms with Gasteiger partial charge in [-0.3, -0.25) is 0 Å². The highest BCUT2D eigenvalue weighted by molar-refractivity contribution is 7.90. The minimum absolute atomic E-state index is 0.347. The Bertz CT molecular complexity index is 712. The second kappa shape index (κ2) is 5.68. The van der Waals surface area contributed by atoms with Gasteiger partial charge in [-0.1, -0.05) is 24.3 Å². The van der Waals surface area contributed by atoms with E-state index in [1.807, 2.05) is 0 Å². The minimum atomic E-state index is -3.85. The smallest absolute Gasteiger partial charge is 0.185 e. The van der Waals surface area contributed by atoms with Crippen LogP contribution in [0, 0.1) is 11.6 Å². The number of sulfone groups is 1. The van der Waals surface area contributed by atoms with Gasteiger partial charge in [-0.15, -0.1) is 0 Å². The maximum Gasteiger partial charge on any atom is 0.185 e. The Morgan fingerprint density at radius 2 is 1.55 bits per heavy atom. The molecule has 0 aromatic heterocycles. The van der Waals surface area contributed by atoms with Gasteiger partial charge in [0.25, 0.3) is 0 Å². The molecule has 106 valence electrons. The molecule has 0 spiro atoms. The first kappa shape index (κ1) is 14.6. The summed E-state index contributed by atoms with van der Waals surface area (Å²) in [5.74, 6) is -2.24. The van der Waals surface area contributed by atoms with E-state index in [1.54, 1.807) is 24.3 Å². The fraction of sp³-hybridized carbons (Fsp3) is 0.143. The highest BCUT2D eigenvalue weighted by Crippen LogP contribution is 2.20. The SMILES string of the molecule is NCc1ccc(CS(=O)(=O)c2ccc(F)cc2F)cc1. The molecule has 0 unspecified atom stereocenters. The monoisotopic (exact) mass is 297 g/mol. The average molecular weight is 297 g/mol. The molecular formula is C14H13F2NO2S. The predicted molar refractivity (Wildman–Crippen MR) is 71.6 cm³/mol. The third kappa shape index (κ3) is 3.20. The van der Waals surface area contributed by atoms with E-state index in [-0.39, 0.29) is 5.75 Å². The molecule has 0 fully saturated rings. The largest absolute Gasteiger partial charge is 0.326 e. The lowest BCUT2D eigenvalue weighted by Crippen LogP contribution is -2.08. The van der Waals surface area contributed by atoms with E-state index in [9.17, 15) is 17.2 Å². The Labute approximate surface area is 116 Å². The normalized spacial score (nSPS) is 11.6. The zero-order valence-electron chi connectivity index (χ0n) is 10.5. The minimum Gasteiger partial charge on any atom is -0.326 e. The van der Waals surface area contributed by atoms with E-state index in [2.05, 4.69) is 0 Å². The summed E-state index contributed by atoms with van der Waals surface area (Å²) in [4.78, 5) is -0.498. The fourth-order valence-corrected chi connectivity index (χ4v) is 3.21. The molecule has 0 amide bonds. The Kier molecular flexibility index (Phi) is 4.15. The van der Waals surface area contributed by atoms with Crippen molar-refractivity contribution in [3.05, 3.63) is 65.2 Å². The summed E-state index contributed by atoms with van der Waals surface area (Å²) < 4.78 is 50.5. The number of hydrogen-bond acceptors (Lipinski definition) is 3. The molecule has 0 aliphatic heterocycles. The molecule has 6 heteroatoms. The van der Waals surface area contributed by atoms with Crippen LogP contribution in [-0.2, 0) is 22.1 Å². The highest BCUT2D eigenvalue weighted by atomic mass is 32.2. The Morgan fingerprint density at radius 3 is 2.10 bits per heavy atom. The van der Waals surface area contributed by atoms with Crippen molar-refractivity contribution >= 4 is 9.84 Å².